The van der Waals surface area contributed by atoms with Crippen LogP contribution in [0.1, 0.15) is 25.3 Å². The molecule has 0 saturated carbocycles. The molecule has 0 atom stereocenters. The fourth-order valence-electron chi connectivity index (χ4n) is 2.23. The number of anilines is 1. The van der Waals surface area contributed by atoms with Gasteiger partial charge in [0, 0.05) is 45.1 Å². The van der Waals surface area contributed by atoms with Gasteiger partial charge in [-0.25, -0.2) is 0 Å². The Morgan fingerprint density at radius 2 is 1.78 bits per heavy atom. The van der Waals surface area contributed by atoms with Crippen LogP contribution in [0.4, 0.5) is 5.69 Å². The van der Waals surface area contributed by atoms with Gasteiger partial charge >= 0.3 is 0 Å². The first kappa shape index (κ1) is 13.4. The summed E-state index contributed by atoms with van der Waals surface area (Å²) < 4.78 is 5.41. The Bertz CT molecular complexity index is 367. The third kappa shape index (κ3) is 3.47. The molecule has 0 unspecified atom stereocenters. The van der Waals surface area contributed by atoms with E-state index in [1.807, 2.05) is 0 Å². The zero-order valence-corrected chi connectivity index (χ0v) is 11.7. The highest BCUT2D eigenvalue weighted by molar-refractivity contribution is 5.45. The van der Waals surface area contributed by atoms with Gasteiger partial charge in [-0.05, 0) is 37.5 Å². The summed E-state index contributed by atoms with van der Waals surface area (Å²) in [7, 11) is 4.13. The molecule has 3 heteroatoms. The third-order valence-electron chi connectivity index (χ3n) is 3.77. The highest BCUT2D eigenvalue weighted by Crippen LogP contribution is 2.20. The van der Waals surface area contributed by atoms with E-state index in [9.17, 15) is 0 Å². The van der Waals surface area contributed by atoms with Crippen molar-refractivity contribution in [2.24, 2.45) is 0 Å². The van der Waals surface area contributed by atoms with Gasteiger partial charge < -0.3 is 15.0 Å². The Hall–Kier alpha value is -1.06. The predicted octanol–water partition coefficient (Wildman–Crippen LogP) is 2.41. The zero-order valence-electron chi connectivity index (χ0n) is 11.7. The van der Waals surface area contributed by atoms with E-state index in [1.165, 1.54) is 11.3 Å². The molecule has 2 rings (SSSR count). The van der Waals surface area contributed by atoms with Crippen molar-refractivity contribution in [1.29, 1.82) is 0 Å². The van der Waals surface area contributed by atoms with E-state index in [0.717, 1.165) is 32.6 Å². The lowest BCUT2D eigenvalue weighted by Gasteiger charge is -2.34. The fourth-order valence-corrected chi connectivity index (χ4v) is 2.23. The molecular weight excluding hydrogens is 224 g/mol. The molecule has 0 aliphatic carbocycles. The number of hydrogen-bond donors (Lipinski definition) is 1. The van der Waals surface area contributed by atoms with Gasteiger partial charge in [-0.1, -0.05) is 12.1 Å². The van der Waals surface area contributed by atoms with Crippen LogP contribution in [0.5, 0.6) is 0 Å². The molecule has 1 aromatic carbocycles. The molecule has 0 bridgehead atoms. The first-order chi connectivity index (χ1) is 8.59. The van der Waals surface area contributed by atoms with Gasteiger partial charge in [0.05, 0.1) is 0 Å². The monoisotopic (exact) mass is 248 g/mol. The molecule has 0 amide bonds. The molecule has 1 fully saturated rings. The maximum Gasteiger partial charge on any atom is 0.0483 e. The Balaban J connectivity index is 1.89. The van der Waals surface area contributed by atoms with Crippen molar-refractivity contribution in [1.82, 2.24) is 5.32 Å². The molecular formula is C15H24N2O. The molecule has 1 aromatic rings. The van der Waals surface area contributed by atoms with Crippen LogP contribution in [-0.4, -0.2) is 32.8 Å². The minimum atomic E-state index is 0.235. The third-order valence-corrected chi connectivity index (χ3v) is 3.77. The van der Waals surface area contributed by atoms with Crippen LogP contribution < -0.4 is 10.2 Å². The van der Waals surface area contributed by atoms with E-state index in [4.69, 9.17) is 4.74 Å². The number of nitrogens with zero attached hydrogens (tertiary/aromatic N) is 1. The van der Waals surface area contributed by atoms with Crippen LogP contribution in [0, 0.1) is 0 Å². The maximum atomic E-state index is 5.41. The molecule has 1 N–H and O–H groups in total. The van der Waals surface area contributed by atoms with E-state index in [-0.39, 0.29) is 5.54 Å². The maximum absolute atomic E-state index is 5.41. The van der Waals surface area contributed by atoms with Crippen LogP contribution >= 0.6 is 0 Å². The van der Waals surface area contributed by atoms with E-state index in [0.29, 0.717) is 0 Å². The van der Waals surface area contributed by atoms with Crippen LogP contribution in [0.2, 0.25) is 0 Å². The molecule has 1 heterocycles. The van der Waals surface area contributed by atoms with Gasteiger partial charge in [-0.2, -0.15) is 0 Å². The SMILES string of the molecule is CN(C)c1ccc(CNC2(C)CCOCC2)cc1. The van der Waals surface area contributed by atoms with Crippen molar-refractivity contribution in [3.8, 4) is 0 Å². The van der Waals surface area contributed by atoms with Gasteiger partial charge in [-0.3, -0.25) is 0 Å². The second-order valence-corrected chi connectivity index (χ2v) is 5.59. The standard InChI is InChI=1S/C15H24N2O/c1-15(8-10-18-11-9-15)16-12-13-4-6-14(7-5-13)17(2)3/h4-7,16H,8-12H2,1-3H3. The summed E-state index contributed by atoms with van der Waals surface area (Å²) in [5.74, 6) is 0. The predicted molar refractivity (Wildman–Crippen MR) is 76.1 cm³/mol. The van der Waals surface area contributed by atoms with E-state index < -0.39 is 0 Å². The molecule has 0 spiro atoms. The molecule has 3 nitrogen and oxygen atoms in total. The molecule has 0 radical (unpaired) electrons. The summed E-state index contributed by atoms with van der Waals surface area (Å²) in [4.78, 5) is 2.12. The van der Waals surface area contributed by atoms with Gasteiger partial charge in [0.1, 0.15) is 0 Å². The molecule has 18 heavy (non-hydrogen) atoms. The quantitative estimate of drug-likeness (QED) is 0.885. The van der Waals surface area contributed by atoms with Gasteiger partial charge in [0.25, 0.3) is 0 Å². The smallest absolute Gasteiger partial charge is 0.0483 e. The van der Waals surface area contributed by atoms with Crippen molar-refractivity contribution in [2.75, 3.05) is 32.2 Å². The van der Waals surface area contributed by atoms with Gasteiger partial charge in [0.2, 0.25) is 0 Å². The Labute approximate surface area is 110 Å². The molecule has 100 valence electrons. The lowest BCUT2D eigenvalue weighted by molar-refractivity contribution is 0.0446. The number of rotatable bonds is 4. The summed E-state index contributed by atoms with van der Waals surface area (Å²) in [5.41, 5.74) is 2.82. The first-order valence-corrected chi connectivity index (χ1v) is 6.68. The highest BCUT2D eigenvalue weighted by atomic mass is 16.5. The topological polar surface area (TPSA) is 24.5 Å². The van der Waals surface area contributed by atoms with Gasteiger partial charge in [0.15, 0.2) is 0 Å². The van der Waals surface area contributed by atoms with Crippen molar-refractivity contribution in [2.45, 2.75) is 31.8 Å². The minimum absolute atomic E-state index is 0.235. The minimum Gasteiger partial charge on any atom is -0.381 e. The molecule has 1 aliphatic heterocycles. The van der Waals surface area contributed by atoms with Crippen LogP contribution in [-0.2, 0) is 11.3 Å². The van der Waals surface area contributed by atoms with Gasteiger partial charge in [-0.15, -0.1) is 0 Å². The number of nitrogens with one attached hydrogen (secondary N) is 1. The first-order valence-electron chi connectivity index (χ1n) is 6.68. The number of ether oxygens (including phenoxy) is 1. The van der Waals surface area contributed by atoms with Crippen LogP contribution in [0.3, 0.4) is 0 Å². The number of hydrogen-bond acceptors (Lipinski definition) is 3. The molecule has 1 aliphatic rings. The summed E-state index contributed by atoms with van der Waals surface area (Å²) in [6.07, 6.45) is 2.20. The van der Waals surface area contributed by atoms with Crippen molar-refractivity contribution < 1.29 is 4.74 Å². The molecule has 0 aromatic heterocycles. The summed E-state index contributed by atoms with van der Waals surface area (Å²) in [5, 5.41) is 3.67. The van der Waals surface area contributed by atoms with Crippen LogP contribution in [0.25, 0.3) is 0 Å². The van der Waals surface area contributed by atoms with E-state index in [1.54, 1.807) is 0 Å². The van der Waals surface area contributed by atoms with E-state index in [2.05, 4.69) is 55.5 Å². The summed E-state index contributed by atoms with van der Waals surface area (Å²) in [6.45, 7) is 4.99. The molecule has 1 saturated heterocycles. The lowest BCUT2D eigenvalue weighted by atomic mass is 9.92. The normalized spacial score (nSPS) is 18.6. The zero-order chi connectivity index (χ0) is 13.0. The largest absolute Gasteiger partial charge is 0.381 e. The fraction of sp³-hybridized carbons (Fsp3) is 0.600. The van der Waals surface area contributed by atoms with Crippen molar-refractivity contribution in [3.63, 3.8) is 0 Å². The Kier molecular flexibility index (Phi) is 4.25. The Morgan fingerprint density at radius 3 is 2.33 bits per heavy atom. The summed E-state index contributed by atoms with van der Waals surface area (Å²) in [6, 6.07) is 8.74. The van der Waals surface area contributed by atoms with Crippen molar-refractivity contribution in [3.05, 3.63) is 29.8 Å². The second kappa shape index (κ2) is 5.72. The van der Waals surface area contributed by atoms with Crippen LogP contribution in [0.15, 0.2) is 24.3 Å². The highest BCUT2D eigenvalue weighted by Gasteiger charge is 2.26. The second-order valence-electron chi connectivity index (χ2n) is 5.59. The van der Waals surface area contributed by atoms with Crippen molar-refractivity contribution >= 4 is 5.69 Å². The van der Waals surface area contributed by atoms with E-state index >= 15 is 0 Å². The summed E-state index contributed by atoms with van der Waals surface area (Å²) >= 11 is 0. The average molecular weight is 248 g/mol. The number of benzene rings is 1. The average Bonchev–Trinajstić information content (AvgIpc) is 2.38. The Morgan fingerprint density at radius 1 is 1.17 bits per heavy atom. The lowest BCUT2D eigenvalue weighted by Crippen LogP contribution is -2.46.